The number of anilines is 2. The van der Waals surface area contributed by atoms with Crippen molar-refractivity contribution in [2.24, 2.45) is 0 Å². The van der Waals surface area contributed by atoms with Crippen molar-refractivity contribution in [2.45, 2.75) is 11.5 Å². The van der Waals surface area contributed by atoms with Gasteiger partial charge in [0.15, 0.2) is 9.84 Å². The molecule has 3 N–H and O–H groups in total. The lowest BCUT2D eigenvalue weighted by molar-refractivity contribution is -0.114. The zero-order chi connectivity index (χ0) is 17.7. The largest absolute Gasteiger partial charge is 0.392 e. The quantitative estimate of drug-likeness (QED) is 0.727. The van der Waals surface area contributed by atoms with Crippen LogP contribution < -0.4 is 10.6 Å². The summed E-state index contributed by atoms with van der Waals surface area (Å²) in [6.07, 6.45) is 1.12. The number of carbonyl (C=O) groups excluding carboxylic acids is 1. The fraction of sp³-hybridized carbons (Fsp3) is 0.188. The zero-order valence-electron chi connectivity index (χ0n) is 12.9. The van der Waals surface area contributed by atoms with Crippen LogP contribution in [0.1, 0.15) is 5.56 Å². The summed E-state index contributed by atoms with van der Waals surface area (Å²) < 4.78 is 22.8. The van der Waals surface area contributed by atoms with E-state index in [0.717, 1.165) is 6.26 Å². The van der Waals surface area contributed by atoms with Crippen LogP contribution in [0.15, 0.2) is 47.4 Å². The minimum atomic E-state index is -3.27. The van der Waals surface area contributed by atoms with E-state index in [1.165, 1.54) is 24.3 Å². The topological polar surface area (TPSA) is 95.5 Å². The maximum absolute atomic E-state index is 11.9. The predicted octanol–water partition coefficient (Wildman–Crippen LogP) is 2.29. The molecular formula is C16H17ClN2O4S. The van der Waals surface area contributed by atoms with Crippen LogP contribution in [0.5, 0.6) is 0 Å². The molecule has 0 aliphatic rings. The predicted molar refractivity (Wildman–Crippen MR) is 94.0 cm³/mol. The Hall–Kier alpha value is -2.09. The molecule has 128 valence electrons. The van der Waals surface area contributed by atoms with Gasteiger partial charge in [-0.05, 0) is 42.0 Å². The lowest BCUT2D eigenvalue weighted by Gasteiger charge is -2.10. The molecule has 0 aliphatic heterocycles. The fourth-order valence-corrected chi connectivity index (χ4v) is 2.79. The van der Waals surface area contributed by atoms with Crippen molar-refractivity contribution in [1.82, 2.24) is 0 Å². The second-order valence-electron chi connectivity index (χ2n) is 5.17. The monoisotopic (exact) mass is 368 g/mol. The first-order chi connectivity index (χ1) is 11.3. The van der Waals surface area contributed by atoms with Gasteiger partial charge >= 0.3 is 0 Å². The molecular weight excluding hydrogens is 352 g/mol. The van der Waals surface area contributed by atoms with E-state index in [-0.39, 0.29) is 24.0 Å². The third-order valence-corrected chi connectivity index (χ3v) is 4.68. The lowest BCUT2D eigenvalue weighted by Crippen LogP contribution is -2.22. The molecule has 0 fully saturated rings. The summed E-state index contributed by atoms with van der Waals surface area (Å²) in [5.41, 5.74) is 1.72. The minimum Gasteiger partial charge on any atom is -0.392 e. The third kappa shape index (κ3) is 4.95. The average molecular weight is 369 g/mol. The molecule has 1 amide bonds. The number of rotatable bonds is 6. The Morgan fingerprint density at radius 1 is 1.17 bits per heavy atom. The Balaban J connectivity index is 1.96. The SMILES string of the molecule is CS(=O)(=O)c1ccc(NC(=O)CNc2cc(CO)ccc2Cl)cc1. The molecule has 0 aromatic heterocycles. The van der Waals surface area contributed by atoms with Crippen LogP contribution in [0.2, 0.25) is 5.02 Å². The van der Waals surface area contributed by atoms with Crippen LogP contribution in [0.4, 0.5) is 11.4 Å². The molecule has 0 radical (unpaired) electrons. The van der Waals surface area contributed by atoms with E-state index < -0.39 is 9.84 Å². The molecule has 6 nitrogen and oxygen atoms in total. The molecule has 0 aliphatic carbocycles. The first kappa shape index (κ1) is 18.3. The van der Waals surface area contributed by atoms with E-state index >= 15 is 0 Å². The average Bonchev–Trinajstić information content (AvgIpc) is 2.54. The number of carbonyl (C=O) groups is 1. The molecule has 0 bridgehead atoms. The van der Waals surface area contributed by atoms with Crippen molar-refractivity contribution in [3.63, 3.8) is 0 Å². The summed E-state index contributed by atoms with van der Waals surface area (Å²) >= 11 is 6.02. The highest BCUT2D eigenvalue weighted by atomic mass is 35.5. The lowest BCUT2D eigenvalue weighted by atomic mass is 10.2. The highest BCUT2D eigenvalue weighted by Gasteiger charge is 2.08. The van der Waals surface area contributed by atoms with Gasteiger partial charge < -0.3 is 15.7 Å². The van der Waals surface area contributed by atoms with Crippen molar-refractivity contribution in [3.8, 4) is 0 Å². The van der Waals surface area contributed by atoms with Gasteiger partial charge in [-0.2, -0.15) is 0 Å². The Kier molecular flexibility index (Phi) is 5.82. The third-order valence-electron chi connectivity index (χ3n) is 3.22. The first-order valence-corrected chi connectivity index (χ1v) is 9.29. The highest BCUT2D eigenvalue weighted by molar-refractivity contribution is 7.90. The van der Waals surface area contributed by atoms with Crippen molar-refractivity contribution >= 4 is 38.7 Å². The Morgan fingerprint density at radius 2 is 1.83 bits per heavy atom. The van der Waals surface area contributed by atoms with Crippen molar-refractivity contribution in [1.29, 1.82) is 0 Å². The second-order valence-corrected chi connectivity index (χ2v) is 7.59. The van der Waals surface area contributed by atoms with Gasteiger partial charge in [0.1, 0.15) is 0 Å². The number of aliphatic hydroxyl groups is 1. The Bertz CT molecular complexity index is 836. The number of halogens is 1. The second kappa shape index (κ2) is 7.65. The van der Waals surface area contributed by atoms with Crippen LogP contribution in [-0.4, -0.2) is 32.2 Å². The molecule has 0 atom stereocenters. The maximum atomic E-state index is 11.9. The molecule has 0 heterocycles. The Labute approximate surface area is 145 Å². The zero-order valence-corrected chi connectivity index (χ0v) is 14.5. The van der Waals surface area contributed by atoms with Gasteiger partial charge in [-0.15, -0.1) is 0 Å². The summed E-state index contributed by atoms with van der Waals surface area (Å²) in [6, 6.07) is 10.9. The van der Waals surface area contributed by atoms with E-state index in [9.17, 15) is 13.2 Å². The summed E-state index contributed by atoms with van der Waals surface area (Å²) in [7, 11) is -3.27. The molecule has 2 rings (SSSR count). The number of hydrogen-bond donors (Lipinski definition) is 3. The van der Waals surface area contributed by atoms with E-state index in [1.807, 2.05) is 0 Å². The fourth-order valence-electron chi connectivity index (χ4n) is 1.97. The molecule has 24 heavy (non-hydrogen) atoms. The van der Waals surface area contributed by atoms with E-state index in [0.29, 0.717) is 22.0 Å². The number of hydrogen-bond acceptors (Lipinski definition) is 5. The number of benzene rings is 2. The molecule has 2 aromatic rings. The number of nitrogens with one attached hydrogen (secondary N) is 2. The molecule has 0 spiro atoms. The van der Waals surface area contributed by atoms with Crippen LogP contribution in [0.3, 0.4) is 0 Å². The molecule has 8 heteroatoms. The summed E-state index contributed by atoms with van der Waals surface area (Å²) in [5.74, 6) is -0.312. The molecule has 0 saturated carbocycles. The van der Waals surface area contributed by atoms with Gasteiger partial charge in [-0.1, -0.05) is 17.7 Å². The van der Waals surface area contributed by atoms with Gasteiger partial charge in [0.05, 0.1) is 28.8 Å². The molecule has 2 aromatic carbocycles. The van der Waals surface area contributed by atoms with E-state index in [2.05, 4.69) is 10.6 Å². The normalized spacial score (nSPS) is 11.1. The van der Waals surface area contributed by atoms with Crippen molar-refractivity contribution < 1.29 is 18.3 Å². The molecule has 0 unspecified atom stereocenters. The van der Waals surface area contributed by atoms with Crippen LogP contribution in [-0.2, 0) is 21.2 Å². The summed E-state index contributed by atoms with van der Waals surface area (Å²) in [5, 5.41) is 15.1. The van der Waals surface area contributed by atoms with Gasteiger partial charge in [0, 0.05) is 11.9 Å². The standard InChI is InChI=1S/C16H17ClN2O4S/c1-24(22,23)13-5-3-12(4-6-13)19-16(21)9-18-15-8-11(10-20)2-7-14(15)17/h2-8,18,20H,9-10H2,1H3,(H,19,21). The van der Waals surface area contributed by atoms with Crippen LogP contribution in [0.25, 0.3) is 0 Å². The van der Waals surface area contributed by atoms with Gasteiger partial charge in [-0.3, -0.25) is 4.79 Å². The van der Waals surface area contributed by atoms with Crippen LogP contribution in [0, 0.1) is 0 Å². The highest BCUT2D eigenvalue weighted by Crippen LogP contribution is 2.23. The minimum absolute atomic E-state index is 0.0254. The Morgan fingerprint density at radius 3 is 2.42 bits per heavy atom. The summed E-state index contributed by atoms with van der Waals surface area (Å²) in [6.45, 7) is -0.146. The van der Waals surface area contributed by atoms with Crippen LogP contribution >= 0.6 is 11.6 Å². The van der Waals surface area contributed by atoms with Crippen molar-refractivity contribution in [3.05, 3.63) is 53.1 Å². The van der Waals surface area contributed by atoms with Crippen molar-refractivity contribution in [2.75, 3.05) is 23.4 Å². The number of sulfone groups is 1. The van der Waals surface area contributed by atoms with Gasteiger partial charge in [0.25, 0.3) is 0 Å². The van der Waals surface area contributed by atoms with Gasteiger partial charge in [0.2, 0.25) is 5.91 Å². The number of amides is 1. The smallest absolute Gasteiger partial charge is 0.243 e. The molecule has 0 saturated heterocycles. The van der Waals surface area contributed by atoms with Gasteiger partial charge in [-0.25, -0.2) is 8.42 Å². The first-order valence-electron chi connectivity index (χ1n) is 7.03. The maximum Gasteiger partial charge on any atom is 0.243 e. The number of aliphatic hydroxyl groups excluding tert-OH is 1. The van der Waals surface area contributed by atoms with E-state index in [4.69, 9.17) is 16.7 Å². The van der Waals surface area contributed by atoms with E-state index in [1.54, 1.807) is 18.2 Å². The summed E-state index contributed by atoms with van der Waals surface area (Å²) in [4.78, 5) is 12.1.